The Morgan fingerprint density at radius 3 is 2.50 bits per heavy atom. The fourth-order valence-corrected chi connectivity index (χ4v) is 4.14. The first kappa shape index (κ1) is 14.1. The molecule has 2 aromatic heterocycles. The van der Waals surface area contributed by atoms with Gasteiger partial charge < -0.3 is 4.98 Å². The normalized spacial score (nSPS) is 14.2. The third kappa shape index (κ3) is 2.06. The molecule has 5 rings (SSSR count). The second-order valence-electron chi connectivity index (χ2n) is 6.53. The van der Waals surface area contributed by atoms with Crippen molar-refractivity contribution in [2.45, 2.75) is 25.7 Å². The molecule has 1 aliphatic carbocycles. The highest BCUT2D eigenvalue weighted by molar-refractivity contribution is 6.30. The van der Waals surface area contributed by atoms with Gasteiger partial charge in [0.05, 0.1) is 11.2 Å². The number of hydrogen-bond acceptors (Lipinski definition) is 1. The average Bonchev–Trinajstić information content (AvgIpc) is 3.10. The molecule has 0 saturated carbocycles. The molecule has 0 aliphatic heterocycles. The van der Waals surface area contributed by atoms with Crippen molar-refractivity contribution in [2.24, 2.45) is 0 Å². The monoisotopic (exact) mass is 332 g/mol. The van der Waals surface area contributed by atoms with Gasteiger partial charge >= 0.3 is 0 Å². The maximum atomic E-state index is 6.07. The van der Waals surface area contributed by atoms with Crippen LogP contribution >= 0.6 is 11.6 Å². The zero-order chi connectivity index (χ0) is 16.1. The van der Waals surface area contributed by atoms with Crippen molar-refractivity contribution in [2.75, 3.05) is 0 Å². The van der Waals surface area contributed by atoms with E-state index in [2.05, 4.69) is 35.3 Å². The number of fused-ring (bicyclic) bond motifs is 5. The third-order valence-electron chi connectivity index (χ3n) is 5.12. The Labute approximate surface area is 145 Å². The fraction of sp³-hybridized carbons (Fsp3) is 0.190. The summed E-state index contributed by atoms with van der Waals surface area (Å²) in [5, 5.41) is 3.39. The predicted octanol–water partition coefficient (Wildman–Crippen LogP) is 5.92. The average molecular weight is 333 g/mol. The van der Waals surface area contributed by atoms with Crippen molar-refractivity contribution in [1.82, 2.24) is 9.97 Å². The second-order valence-corrected chi connectivity index (χ2v) is 6.97. The molecule has 0 radical (unpaired) electrons. The van der Waals surface area contributed by atoms with E-state index in [1.165, 1.54) is 40.3 Å². The number of rotatable bonds is 1. The van der Waals surface area contributed by atoms with Crippen LogP contribution in [0, 0.1) is 0 Å². The highest BCUT2D eigenvalue weighted by Crippen LogP contribution is 2.38. The molecule has 0 atom stereocenters. The van der Waals surface area contributed by atoms with E-state index >= 15 is 0 Å². The first-order valence-corrected chi connectivity index (χ1v) is 8.86. The number of pyridine rings is 1. The molecule has 1 aliphatic rings. The van der Waals surface area contributed by atoms with E-state index in [1.807, 2.05) is 18.3 Å². The lowest BCUT2D eigenvalue weighted by Gasteiger charge is -2.22. The molecule has 0 saturated heterocycles. The van der Waals surface area contributed by atoms with Crippen LogP contribution in [0.1, 0.15) is 24.0 Å². The largest absolute Gasteiger partial charge is 0.361 e. The molecule has 0 unspecified atom stereocenters. The first-order chi connectivity index (χ1) is 11.8. The smallest absolute Gasteiger partial charge is 0.0744 e. The lowest BCUT2D eigenvalue weighted by molar-refractivity contribution is 0.689. The van der Waals surface area contributed by atoms with Crippen molar-refractivity contribution in [3.8, 4) is 11.3 Å². The Hall–Kier alpha value is -2.32. The summed E-state index contributed by atoms with van der Waals surface area (Å²) >= 11 is 6.07. The molecule has 118 valence electrons. The van der Waals surface area contributed by atoms with Crippen molar-refractivity contribution in [3.05, 3.63) is 64.8 Å². The maximum absolute atomic E-state index is 6.07. The van der Waals surface area contributed by atoms with Crippen LogP contribution in [0.5, 0.6) is 0 Å². The van der Waals surface area contributed by atoms with Gasteiger partial charge in [0.1, 0.15) is 0 Å². The molecule has 2 nitrogen and oxygen atoms in total. The molecule has 0 bridgehead atoms. The van der Waals surface area contributed by atoms with Crippen LogP contribution in [-0.4, -0.2) is 9.97 Å². The molecular weight excluding hydrogens is 316 g/mol. The number of benzene rings is 2. The van der Waals surface area contributed by atoms with Crippen LogP contribution in [0.4, 0.5) is 0 Å². The fourth-order valence-electron chi connectivity index (χ4n) is 4.01. The number of H-pyrrole nitrogens is 1. The molecule has 3 heteroatoms. The molecule has 0 fully saturated rings. The van der Waals surface area contributed by atoms with Gasteiger partial charge in [-0.2, -0.15) is 0 Å². The minimum absolute atomic E-state index is 0.766. The topological polar surface area (TPSA) is 28.7 Å². The van der Waals surface area contributed by atoms with Crippen LogP contribution in [0.2, 0.25) is 5.02 Å². The standard InChI is InChI=1S/C21H17ClN2/c22-14-7-5-13(6-8-14)21-16-4-2-1-3-15(16)20-17-11-12-23-18(17)9-10-19(20)24-21/h5-12,23H,1-4H2. The van der Waals surface area contributed by atoms with Crippen LogP contribution in [-0.2, 0) is 12.8 Å². The molecule has 24 heavy (non-hydrogen) atoms. The van der Waals surface area contributed by atoms with Gasteiger partial charge in [0.25, 0.3) is 0 Å². The summed E-state index contributed by atoms with van der Waals surface area (Å²) in [5.74, 6) is 0. The number of aromatic nitrogens is 2. The second kappa shape index (κ2) is 5.35. The summed E-state index contributed by atoms with van der Waals surface area (Å²) in [4.78, 5) is 8.39. The van der Waals surface area contributed by atoms with Crippen LogP contribution in [0.25, 0.3) is 33.1 Å². The van der Waals surface area contributed by atoms with Crippen molar-refractivity contribution in [1.29, 1.82) is 0 Å². The van der Waals surface area contributed by atoms with Crippen molar-refractivity contribution >= 4 is 33.4 Å². The van der Waals surface area contributed by atoms with Crippen molar-refractivity contribution in [3.63, 3.8) is 0 Å². The Balaban J connectivity index is 1.88. The quantitative estimate of drug-likeness (QED) is 0.461. The van der Waals surface area contributed by atoms with Gasteiger partial charge in [-0.25, -0.2) is 4.98 Å². The summed E-state index contributed by atoms with van der Waals surface area (Å²) < 4.78 is 0. The number of halogens is 1. The molecule has 0 spiro atoms. The molecule has 4 aromatic rings. The summed E-state index contributed by atoms with van der Waals surface area (Å²) in [6.07, 6.45) is 6.76. The lowest BCUT2D eigenvalue weighted by atomic mass is 9.85. The van der Waals surface area contributed by atoms with E-state index in [1.54, 1.807) is 0 Å². The molecular formula is C21H17ClN2. The van der Waals surface area contributed by atoms with Crippen molar-refractivity contribution < 1.29 is 0 Å². The van der Waals surface area contributed by atoms with Crippen LogP contribution in [0.3, 0.4) is 0 Å². The highest BCUT2D eigenvalue weighted by Gasteiger charge is 2.20. The van der Waals surface area contributed by atoms with E-state index in [0.717, 1.165) is 34.6 Å². The Morgan fingerprint density at radius 2 is 1.67 bits per heavy atom. The number of nitrogens with one attached hydrogen (secondary N) is 1. The molecule has 0 amide bonds. The maximum Gasteiger partial charge on any atom is 0.0744 e. The van der Waals surface area contributed by atoms with Crippen LogP contribution < -0.4 is 0 Å². The van der Waals surface area contributed by atoms with Gasteiger partial charge in [-0.05, 0) is 67.1 Å². The Bertz CT molecular complexity index is 1060. The number of aromatic amines is 1. The van der Waals surface area contributed by atoms with Gasteiger partial charge in [-0.3, -0.25) is 0 Å². The summed E-state index contributed by atoms with van der Waals surface area (Å²) in [7, 11) is 0. The van der Waals surface area contributed by atoms with E-state index in [4.69, 9.17) is 16.6 Å². The summed E-state index contributed by atoms with van der Waals surface area (Å²) in [6.45, 7) is 0. The van der Waals surface area contributed by atoms with Gasteiger partial charge in [0.2, 0.25) is 0 Å². The van der Waals surface area contributed by atoms with Crippen LogP contribution in [0.15, 0.2) is 48.7 Å². The zero-order valence-electron chi connectivity index (χ0n) is 13.3. The number of aryl methyl sites for hydroxylation is 1. The van der Waals surface area contributed by atoms with Gasteiger partial charge in [-0.15, -0.1) is 0 Å². The SMILES string of the molecule is Clc1ccc(-c2nc3ccc4[nH]ccc4c3c3c2CCCC3)cc1. The number of nitrogens with zero attached hydrogens (tertiary/aromatic N) is 1. The van der Waals surface area contributed by atoms with Gasteiger partial charge in [0.15, 0.2) is 0 Å². The first-order valence-electron chi connectivity index (χ1n) is 8.49. The Kier molecular flexibility index (Phi) is 3.14. The predicted molar refractivity (Wildman–Crippen MR) is 101 cm³/mol. The van der Waals surface area contributed by atoms with Gasteiger partial charge in [-0.1, -0.05) is 23.7 Å². The molecule has 2 heterocycles. The number of hydrogen-bond donors (Lipinski definition) is 1. The van der Waals surface area contributed by atoms with E-state index in [-0.39, 0.29) is 0 Å². The van der Waals surface area contributed by atoms with Gasteiger partial charge in [0, 0.05) is 33.1 Å². The van der Waals surface area contributed by atoms with E-state index in [9.17, 15) is 0 Å². The highest BCUT2D eigenvalue weighted by atomic mass is 35.5. The summed E-state index contributed by atoms with van der Waals surface area (Å²) in [5.41, 5.74) is 7.48. The lowest BCUT2D eigenvalue weighted by Crippen LogP contribution is -2.07. The third-order valence-corrected chi connectivity index (χ3v) is 5.37. The minimum atomic E-state index is 0.766. The molecule has 1 N–H and O–H groups in total. The zero-order valence-corrected chi connectivity index (χ0v) is 14.0. The summed E-state index contributed by atoms with van der Waals surface area (Å²) in [6, 6.07) is 14.5. The van der Waals surface area contributed by atoms with E-state index in [0.29, 0.717) is 0 Å². The molecule has 2 aromatic carbocycles. The van der Waals surface area contributed by atoms with E-state index < -0.39 is 0 Å². The Morgan fingerprint density at radius 1 is 0.875 bits per heavy atom. The minimum Gasteiger partial charge on any atom is -0.361 e.